The molecule has 0 spiro atoms. The van der Waals surface area contributed by atoms with E-state index in [0.29, 0.717) is 16.3 Å². The third kappa shape index (κ3) is 3.70. The number of carbonyl (C=O) groups is 2. The van der Waals surface area contributed by atoms with Crippen molar-refractivity contribution in [1.82, 2.24) is 9.36 Å². The quantitative estimate of drug-likeness (QED) is 0.685. The first-order valence-electron chi connectivity index (χ1n) is 8.29. The molecule has 0 aliphatic heterocycles. The number of anilines is 1. The summed E-state index contributed by atoms with van der Waals surface area (Å²) < 4.78 is 8.30. The average molecular weight is 385 g/mol. The molecule has 1 N–H and O–H groups in total. The molecular formula is C19H19N3O4S. The van der Waals surface area contributed by atoms with Gasteiger partial charge in [0.25, 0.3) is 11.5 Å². The van der Waals surface area contributed by atoms with Gasteiger partial charge in [-0.25, -0.2) is 9.48 Å². The zero-order chi connectivity index (χ0) is 19.6. The molecule has 0 fully saturated rings. The van der Waals surface area contributed by atoms with Crippen molar-refractivity contribution < 1.29 is 14.3 Å². The number of amides is 1. The average Bonchev–Trinajstić information content (AvgIpc) is 3.26. The van der Waals surface area contributed by atoms with Gasteiger partial charge in [-0.3, -0.25) is 14.3 Å². The van der Waals surface area contributed by atoms with Crippen LogP contribution in [-0.4, -0.2) is 27.3 Å². The molecule has 0 bridgehead atoms. The van der Waals surface area contributed by atoms with Crippen LogP contribution >= 0.6 is 11.3 Å². The maximum Gasteiger partial charge on any atom is 0.349 e. The van der Waals surface area contributed by atoms with Crippen LogP contribution in [0, 0.1) is 6.92 Å². The molecule has 1 atom stereocenters. The molecular weight excluding hydrogens is 366 g/mol. The number of carbonyl (C=O) groups excluding carboxylic acids is 2. The Balaban J connectivity index is 1.80. The van der Waals surface area contributed by atoms with Crippen LogP contribution in [0.1, 0.15) is 22.3 Å². The first kappa shape index (κ1) is 18.7. The zero-order valence-corrected chi connectivity index (χ0v) is 15.9. The van der Waals surface area contributed by atoms with Crippen LogP contribution in [0.25, 0.3) is 5.69 Å². The fourth-order valence-corrected chi connectivity index (χ4v) is 3.21. The van der Waals surface area contributed by atoms with Gasteiger partial charge in [-0.15, -0.1) is 11.3 Å². The summed E-state index contributed by atoms with van der Waals surface area (Å²) in [5.74, 6) is -1.13. The fraction of sp³-hybridized carbons (Fsp3) is 0.211. The minimum absolute atomic E-state index is 0.158. The highest BCUT2D eigenvalue weighted by molar-refractivity contribution is 7.11. The molecule has 8 heteroatoms. The summed E-state index contributed by atoms with van der Waals surface area (Å²) in [6.07, 6.45) is -1.04. The Morgan fingerprint density at radius 2 is 1.85 bits per heavy atom. The molecule has 0 aliphatic carbocycles. The van der Waals surface area contributed by atoms with Crippen molar-refractivity contribution in [2.45, 2.75) is 20.0 Å². The standard InChI is InChI=1S/C19H19N3O4S/c1-12-16(18(24)22(21(12)3)14-8-5-4-6-9-14)20-17(23)13(2)26-19(25)15-10-7-11-27-15/h4-11,13H,1-3H3,(H,20,23)/t13-/m1/s1. The Kier molecular flexibility index (Phi) is 5.27. The van der Waals surface area contributed by atoms with Crippen LogP contribution in [0.2, 0.25) is 0 Å². The van der Waals surface area contributed by atoms with Crippen molar-refractivity contribution in [3.63, 3.8) is 0 Å². The Hall–Kier alpha value is -3.13. The van der Waals surface area contributed by atoms with E-state index >= 15 is 0 Å². The summed E-state index contributed by atoms with van der Waals surface area (Å²) in [6, 6.07) is 12.5. The molecule has 0 unspecified atom stereocenters. The molecule has 1 aromatic carbocycles. The second kappa shape index (κ2) is 7.63. The van der Waals surface area contributed by atoms with Crippen LogP contribution in [-0.2, 0) is 16.6 Å². The lowest BCUT2D eigenvalue weighted by atomic mass is 10.3. The molecule has 7 nitrogen and oxygen atoms in total. The van der Waals surface area contributed by atoms with Gasteiger partial charge in [-0.2, -0.15) is 0 Å². The number of nitrogens with zero attached hydrogens (tertiary/aromatic N) is 2. The third-order valence-electron chi connectivity index (χ3n) is 4.18. The first-order chi connectivity index (χ1) is 12.9. The Morgan fingerprint density at radius 1 is 1.15 bits per heavy atom. The van der Waals surface area contributed by atoms with Gasteiger partial charge in [0.05, 0.1) is 11.4 Å². The molecule has 3 aromatic rings. The Labute approximate surface area is 159 Å². The summed E-state index contributed by atoms with van der Waals surface area (Å²) >= 11 is 1.23. The fourth-order valence-electron chi connectivity index (χ4n) is 2.60. The molecule has 2 aromatic heterocycles. The van der Waals surface area contributed by atoms with Crippen molar-refractivity contribution in [2.24, 2.45) is 7.05 Å². The summed E-state index contributed by atoms with van der Waals surface area (Å²) in [5, 5.41) is 4.34. The second-order valence-corrected chi connectivity index (χ2v) is 6.90. The predicted molar refractivity (Wildman–Crippen MR) is 104 cm³/mol. The number of aromatic nitrogens is 2. The number of hydrogen-bond donors (Lipinski definition) is 1. The van der Waals surface area contributed by atoms with E-state index in [1.54, 1.807) is 48.3 Å². The van der Waals surface area contributed by atoms with E-state index in [1.165, 1.54) is 22.9 Å². The highest BCUT2D eigenvalue weighted by Gasteiger charge is 2.23. The van der Waals surface area contributed by atoms with Gasteiger partial charge in [0.15, 0.2) is 6.10 Å². The molecule has 1 amide bonds. The van der Waals surface area contributed by atoms with Gasteiger partial charge >= 0.3 is 5.97 Å². The molecule has 27 heavy (non-hydrogen) atoms. The molecule has 2 heterocycles. The topological polar surface area (TPSA) is 82.3 Å². The summed E-state index contributed by atoms with van der Waals surface area (Å²) in [6.45, 7) is 3.20. The van der Waals surface area contributed by atoms with Crippen molar-refractivity contribution >= 4 is 28.9 Å². The number of thiophene rings is 1. The monoisotopic (exact) mass is 385 g/mol. The van der Waals surface area contributed by atoms with E-state index in [2.05, 4.69) is 5.32 Å². The Morgan fingerprint density at radius 3 is 2.48 bits per heavy atom. The minimum atomic E-state index is -1.04. The van der Waals surface area contributed by atoms with Crippen molar-refractivity contribution in [3.05, 3.63) is 68.8 Å². The number of ether oxygens (including phenoxy) is 1. The molecule has 0 radical (unpaired) electrons. The van der Waals surface area contributed by atoms with Gasteiger partial charge in [-0.1, -0.05) is 24.3 Å². The maximum absolute atomic E-state index is 12.8. The number of nitrogens with one attached hydrogen (secondary N) is 1. The summed E-state index contributed by atoms with van der Waals surface area (Å²) in [4.78, 5) is 37.6. The van der Waals surface area contributed by atoms with Crippen molar-refractivity contribution in [1.29, 1.82) is 0 Å². The van der Waals surface area contributed by atoms with E-state index in [-0.39, 0.29) is 11.2 Å². The highest BCUT2D eigenvalue weighted by Crippen LogP contribution is 2.15. The maximum atomic E-state index is 12.8. The summed E-state index contributed by atoms with van der Waals surface area (Å²) in [7, 11) is 1.74. The SMILES string of the molecule is Cc1c(NC(=O)[C@@H](C)OC(=O)c2cccs2)c(=O)n(-c2ccccc2)n1C. The lowest BCUT2D eigenvalue weighted by Crippen LogP contribution is -2.32. The van der Waals surface area contributed by atoms with Crippen LogP contribution in [0.15, 0.2) is 52.6 Å². The normalized spacial score (nSPS) is 11.8. The molecule has 3 rings (SSSR count). The number of para-hydroxylation sites is 1. The minimum Gasteiger partial charge on any atom is -0.448 e. The predicted octanol–water partition coefficient (Wildman–Crippen LogP) is 2.73. The highest BCUT2D eigenvalue weighted by atomic mass is 32.1. The lowest BCUT2D eigenvalue weighted by Gasteiger charge is -2.12. The van der Waals surface area contributed by atoms with Crippen LogP contribution in [0.3, 0.4) is 0 Å². The number of esters is 1. The van der Waals surface area contributed by atoms with E-state index in [9.17, 15) is 14.4 Å². The van der Waals surface area contributed by atoms with Crippen molar-refractivity contribution in [2.75, 3.05) is 5.32 Å². The van der Waals surface area contributed by atoms with Crippen LogP contribution < -0.4 is 10.9 Å². The van der Waals surface area contributed by atoms with E-state index in [4.69, 9.17) is 4.74 Å². The van der Waals surface area contributed by atoms with Gasteiger partial charge in [0, 0.05) is 7.05 Å². The molecule has 0 aliphatic rings. The second-order valence-electron chi connectivity index (χ2n) is 5.95. The van der Waals surface area contributed by atoms with Gasteiger partial charge in [0.1, 0.15) is 10.6 Å². The zero-order valence-electron chi connectivity index (χ0n) is 15.1. The van der Waals surface area contributed by atoms with E-state index in [1.807, 2.05) is 18.2 Å². The van der Waals surface area contributed by atoms with E-state index in [0.717, 1.165) is 0 Å². The number of benzene rings is 1. The van der Waals surface area contributed by atoms with Crippen LogP contribution in [0.5, 0.6) is 0 Å². The smallest absolute Gasteiger partial charge is 0.349 e. The van der Waals surface area contributed by atoms with Crippen molar-refractivity contribution in [3.8, 4) is 5.69 Å². The number of rotatable bonds is 5. The molecule has 0 saturated heterocycles. The molecule has 0 saturated carbocycles. The number of hydrogen-bond acceptors (Lipinski definition) is 5. The Bertz CT molecular complexity index is 1020. The first-order valence-corrected chi connectivity index (χ1v) is 9.17. The van der Waals surface area contributed by atoms with Crippen LogP contribution in [0.4, 0.5) is 5.69 Å². The van der Waals surface area contributed by atoms with Gasteiger partial charge in [-0.05, 0) is 37.4 Å². The summed E-state index contributed by atoms with van der Waals surface area (Å²) in [5.41, 5.74) is 1.08. The lowest BCUT2D eigenvalue weighted by molar-refractivity contribution is -0.123. The van der Waals surface area contributed by atoms with E-state index < -0.39 is 18.0 Å². The largest absolute Gasteiger partial charge is 0.448 e. The molecule has 140 valence electrons. The van der Waals surface area contributed by atoms with Gasteiger partial charge < -0.3 is 10.1 Å². The third-order valence-corrected chi connectivity index (χ3v) is 5.03. The van der Waals surface area contributed by atoms with Gasteiger partial charge in [0.2, 0.25) is 0 Å².